The summed E-state index contributed by atoms with van der Waals surface area (Å²) in [4.78, 5) is 6.04. The molecule has 1 aromatic heterocycles. The molecule has 0 spiro atoms. The summed E-state index contributed by atoms with van der Waals surface area (Å²) in [5.41, 5.74) is 7.10. The number of rotatable bonds is 0. The molecule has 0 amide bonds. The summed E-state index contributed by atoms with van der Waals surface area (Å²) in [5.74, 6) is 0. The van der Waals surface area contributed by atoms with E-state index < -0.39 is 0 Å². The summed E-state index contributed by atoms with van der Waals surface area (Å²) in [6.45, 7) is 6.73. The highest BCUT2D eigenvalue weighted by Crippen LogP contribution is 2.27. The van der Waals surface area contributed by atoms with Gasteiger partial charge in [0.05, 0.1) is 0 Å². The third-order valence-electron chi connectivity index (χ3n) is 4.10. The summed E-state index contributed by atoms with van der Waals surface area (Å²) < 4.78 is 0. The van der Waals surface area contributed by atoms with Crippen molar-refractivity contribution in [3.05, 3.63) is 34.5 Å². The monoisotopic (exact) mass is 228 g/mol. The highest BCUT2D eigenvalue weighted by atomic mass is 15.1. The first-order chi connectivity index (χ1) is 8.15. The maximum absolute atomic E-state index is 3.62. The number of aryl methyl sites for hydroxylation is 2. The molecule has 0 bridgehead atoms. The van der Waals surface area contributed by atoms with Gasteiger partial charge in [0.1, 0.15) is 0 Å². The van der Waals surface area contributed by atoms with E-state index in [9.17, 15) is 0 Å². The normalized spacial score (nSPS) is 17.1. The standard InChI is InChI=1S/C15H20N2/c1-10-8-13-12-4-6-17(3)7-5-14(12)16-15(13)9-11(10)2/h8-9,16H,4-7H2,1-3H3. The lowest BCUT2D eigenvalue weighted by atomic mass is 10.0. The fourth-order valence-corrected chi connectivity index (χ4v) is 2.79. The Balaban J connectivity index is 2.18. The predicted molar refractivity (Wildman–Crippen MR) is 72.7 cm³/mol. The molecule has 1 aliphatic heterocycles. The van der Waals surface area contributed by atoms with Gasteiger partial charge in [0.25, 0.3) is 0 Å². The Bertz CT molecular complexity index is 566. The zero-order valence-corrected chi connectivity index (χ0v) is 10.9. The zero-order valence-electron chi connectivity index (χ0n) is 10.9. The zero-order chi connectivity index (χ0) is 12.0. The minimum absolute atomic E-state index is 1.15. The molecule has 2 nitrogen and oxygen atoms in total. The Kier molecular flexibility index (Phi) is 2.48. The second kappa shape index (κ2) is 3.88. The number of benzene rings is 1. The van der Waals surface area contributed by atoms with Gasteiger partial charge in [-0.25, -0.2) is 0 Å². The van der Waals surface area contributed by atoms with Crippen LogP contribution in [0.1, 0.15) is 22.4 Å². The molecule has 3 rings (SSSR count). The molecule has 90 valence electrons. The van der Waals surface area contributed by atoms with E-state index in [0.717, 1.165) is 13.0 Å². The first kappa shape index (κ1) is 10.8. The van der Waals surface area contributed by atoms with Crippen LogP contribution in [0.25, 0.3) is 10.9 Å². The molecule has 0 aliphatic carbocycles. The van der Waals surface area contributed by atoms with Crippen molar-refractivity contribution in [2.75, 3.05) is 20.1 Å². The van der Waals surface area contributed by atoms with Crippen molar-refractivity contribution in [1.29, 1.82) is 0 Å². The van der Waals surface area contributed by atoms with Crippen molar-refractivity contribution < 1.29 is 0 Å². The maximum Gasteiger partial charge on any atom is 0.0461 e. The molecular weight excluding hydrogens is 208 g/mol. The van der Waals surface area contributed by atoms with Crippen LogP contribution in [-0.4, -0.2) is 30.0 Å². The molecule has 0 atom stereocenters. The Morgan fingerprint density at radius 1 is 1.06 bits per heavy atom. The SMILES string of the molecule is Cc1cc2[nH]c3c(c2cc1C)CCN(C)CC3. The fourth-order valence-electron chi connectivity index (χ4n) is 2.79. The van der Waals surface area contributed by atoms with Crippen LogP contribution in [0.2, 0.25) is 0 Å². The van der Waals surface area contributed by atoms with E-state index in [4.69, 9.17) is 0 Å². The first-order valence-electron chi connectivity index (χ1n) is 6.44. The number of H-pyrrole nitrogens is 1. The molecule has 2 heterocycles. The number of nitrogens with one attached hydrogen (secondary N) is 1. The smallest absolute Gasteiger partial charge is 0.0461 e. The molecule has 1 aliphatic rings. The molecule has 17 heavy (non-hydrogen) atoms. The maximum atomic E-state index is 3.62. The second-order valence-corrected chi connectivity index (χ2v) is 5.37. The van der Waals surface area contributed by atoms with Gasteiger partial charge in [-0.15, -0.1) is 0 Å². The number of aromatic nitrogens is 1. The van der Waals surface area contributed by atoms with Crippen molar-refractivity contribution in [2.24, 2.45) is 0 Å². The summed E-state index contributed by atoms with van der Waals surface area (Å²) >= 11 is 0. The fraction of sp³-hybridized carbons (Fsp3) is 0.467. The molecule has 0 saturated heterocycles. The van der Waals surface area contributed by atoms with Crippen molar-refractivity contribution in [3.63, 3.8) is 0 Å². The van der Waals surface area contributed by atoms with Gasteiger partial charge in [0.15, 0.2) is 0 Å². The summed E-state index contributed by atoms with van der Waals surface area (Å²) in [6, 6.07) is 4.65. The number of fused-ring (bicyclic) bond motifs is 3. The molecule has 0 fully saturated rings. The summed E-state index contributed by atoms with van der Waals surface area (Å²) in [7, 11) is 2.21. The highest BCUT2D eigenvalue weighted by molar-refractivity contribution is 5.86. The van der Waals surface area contributed by atoms with Crippen molar-refractivity contribution >= 4 is 10.9 Å². The summed E-state index contributed by atoms with van der Waals surface area (Å²) in [6.07, 6.45) is 2.33. The second-order valence-electron chi connectivity index (χ2n) is 5.37. The van der Waals surface area contributed by atoms with Gasteiger partial charge in [0.2, 0.25) is 0 Å². The van der Waals surface area contributed by atoms with E-state index in [1.54, 1.807) is 5.56 Å². The topological polar surface area (TPSA) is 19.0 Å². The van der Waals surface area contributed by atoms with Crippen LogP contribution in [0.3, 0.4) is 0 Å². The van der Waals surface area contributed by atoms with Crippen molar-refractivity contribution in [1.82, 2.24) is 9.88 Å². The lowest BCUT2D eigenvalue weighted by Crippen LogP contribution is -2.21. The van der Waals surface area contributed by atoms with Crippen LogP contribution in [0.5, 0.6) is 0 Å². The van der Waals surface area contributed by atoms with Crippen LogP contribution in [0, 0.1) is 13.8 Å². The molecule has 0 saturated carbocycles. The lowest BCUT2D eigenvalue weighted by Gasteiger charge is -2.11. The van der Waals surface area contributed by atoms with E-state index >= 15 is 0 Å². The van der Waals surface area contributed by atoms with Gasteiger partial charge < -0.3 is 9.88 Å². The number of hydrogen-bond acceptors (Lipinski definition) is 1. The van der Waals surface area contributed by atoms with Crippen molar-refractivity contribution in [3.8, 4) is 0 Å². The highest BCUT2D eigenvalue weighted by Gasteiger charge is 2.16. The van der Waals surface area contributed by atoms with E-state index in [0.29, 0.717) is 0 Å². The van der Waals surface area contributed by atoms with Crippen LogP contribution in [0.15, 0.2) is 12.1 Å². The Morgan fingerprint density at radius 2 is 1.76 bits per heavy atom. The molecule has 0 radical (unpaired) electrons. The van der Waals surface area contributed by atoms with Gasteiger partial charge >= 0.3 is 0 Å². The largest absolute Gasteiger partial charge is 0.358 e. The van der Waals surface area contributed by atoms with Crippen LogP contribution in [0.4, 0.5) is 0 Å². The van der Waals surface area contributed by atoms with Crippen LogP contribution >= 0.6 is 0 Å². The van der Waals surface area contributed by atoms with E-state index in [1.165, 1.54) is 40.7 Å². The predicted octanol–water partition coefficient (Wildman–Crippen LogP) is 2.82. The molecule has 2 aromatic rings. The number of likely N-dealkylation sites (N-methyl/N-ethyl adjacent to an activating group) is 1. The number of aromatic amines is 1. The third kappa shape index (κ3) is 1.77. The number of nitrogens with zero attached hydrogens (tertiary/aromatic N) is 1. The van der Waals surface area contributed by atoms with Gasteiger partial charge in [-0.05, 0) is 56.1 Å². The van der Waals surface area contributed by atoms with Crippen LogP contribution < -0.4 is 0 Å². The first-order valence-corrected chi connectivity index (χ1v) is 6.44. The van der Waals surface area contributed by atoms with Crippen molar-refractivity contribution in [2.45, 2.75) is 26.7 Å². The minimum atomic E-state index is 1.15. The van der Waals surface area contributed by atoms with E-state index in [2.05, 4.69) is 42.9 Å². The van der Waals surface area contributed by atoms with E-state index in [-0.39, 0.29) is 0 Å². The lowest BCUT2D eigenvalue weighted by molar-refractivity contribution is 0.352. The number of hydrogen-bond donors (Lipinski definition) is 1. The van der Waals surface area contributed by atoms with Gasteiger partial charge in [-0.1, -0.05) is 0 Å². The Hall–Kier alpha value is -1.28. The van der Waals surface area contributed by atoms with E-state index in [1.807, 2.05) is 0 Å². The minimum Gasteiger partial charge on any atom is -0.358 e. The van der Waals surface area contributed by atoms with Crippen LogP contribution in [-0.2, 0) is 12.8 Å². The van der Waals surface area contributed by atoms with Gasteiger partial charge in [-0.2, -0.15) is 0 Å². The molecule has 2 heteroatoms. The Morgan fingerprint density at radius 3 is 2.59 bits per heavy atom. The Labute approximate surface area is 103 Å². The molecular formula is C15H20N2. The van der Waals surface area contributed by atoms with Gasteiger partial charge in [-0.3, -0.25) is 0 Å². The van der Waals surface area contributed by atoms with Gasteiger partial charge in [0, 0.05) is 36.1 Å². The molecule has 0 unspecified atom stereocenters. The molecule has 1 aromatic carbocycles. The average molecular weight is 228 g/mol. The summed E-state index contributed by atoms with van der Waals surface area (Å²) in [5, 5.41) is 1.44. The molecule has 1 N–H and O–H groups in total. The average Bonchev–Trinajstić information content (AvgIpc) is 2.50. The quantitative estimate of drug-likeness (QED) is 0.734. The third-order valence-corrected chi connectivity index (χ3v) is 4.10.